The zero-order valence-corrected chi connectivity index (χ0v) is 16.1. The van der Waals surface area contributed by atoms with Crippen LogP contribution >= 0.6 is 0 Å². The second kappa shape index (κ2) is 6.73. The van der Waals surface area contributed by atoms with Gasteiger partial charge in [0, 0.05) is 36.2 Å². The molecule has 2 aliphatic rings. The average Bonchev–Trinajstić information content (AvgIpc) is 2.60. The van der Waals surface area contributed by atoms with Crippen LogP contribution in [0, 0.1) is 11.3 Å². The molecular formula is C21H32N2O2. The fraction of sp³-hybridized carbons (Fsp3) is 0.667. The molecule has 4 nitrogen and oxygen atoms in total. The predicted molar refractivity (Wildman–Crippen MR) is 100 cm³/mol. The smallest absolute Gasteiger partial charge is 0.254 e. The Morgan fingerprint density at radius 2 is 1.72 bits per heavy atom. The Labute approximate surface area is 151 Å². The summed E-state index contributed by atoms with van der Waals surface area (Å²) in [6, 6.07) is 8.12. The highest BCUT2D eigenvalue weighted by Gasteiger charge is 2.54. The van der Waals surface area contributed by atoms with Gasteiger partial charge >= 0.3 is 0 Å². The van der Waals surface area contributed by atoms with Gasteiger partial charge in [-0.2, -0.15) is 0 Å². The van der Waals surface area contributed by atoms with Crippen LogP contribution in [0.25, 0.3) is 0 Å². The van der Waals surface area contributed by atoms with Crippen LogP contribution in [0.2, 0.25) is 0 Å². The molecule has 0 aliphatic carbocycles. The van der Waals surface area contributed by atoms with Crippen LogP contribution in [-0.4, -0.2) is 52.6 Å². The Hall–Kier alpha value is -1.39. The minimum absolute atomic E-state index is 0.0974. The van der Waals surface area contributed by atoms with Crippen LogP contribution in [0.3, 0.4) is 0 Å². The van der Waals surface area contributed by atoms with E-state index in [0.717, 1.165) is 44.6 Å². The molecule has 2 fully saturated rings. The lowest BCUT2D eigenvalue weighted by Crippen LogP contribution is -2.70. The fourth-order valence-electron chi connectivity index (χ4n) is 3.88. The second-order valence-corrected chi connectivity index (χ2v) is 8.93. The second-order valence-electron chi connectivity index (χ2n) is 8.93. The highest BCUT2D eigenvalue weighted by molar-refractivity contribution is 5.95. The van der Waals surface area contributed by atoms with Crippen molar-refractivity contribution in [2.75, 3.05) is 26.2 Å². The summed E-state index contributed by atoms with van der Waals surface area (Å²) in [5, 5.41) is 9.23. The molecule has 0 atom stereocenters. The first-order valence-electron chi connectivity index (χ1n) is 9.49. The molecule has 2 heterocycles. The molecule has 1 N–H and O–H groups in total. The Balaban J connectivity index is 1.59. The number of amides is 1. The van der Waals surface area contributed by atoms with Gasteiger partial charge in [0.2, 0.25) is 0 Å². The number of hydrogen-bond acceptors (Lipinski definition) is 3. The van der Waals surface area contributed by atoms with Crippen molar-refractivity contribution in [3.8, 4) is 0 Å². The van der Waals surface area contributed by atoms with Gasteiger partial charge in [0.25, 0.3) is 5.91 Å². The SMILES string of the molecule is CC1(C)CN(C(=O)c2ccc(CN3CCC(CO)CC3)cc2)C1(C)C. The largest absolute Gasteiger partial charge is 0.396 e. The van der Waals surface area contributed by atoms with E-state index in [1.807, 2.05) is 17.0 Å². The Morgan fingerprint density at radius 3 is 2.20 bits per heavy atom. The third-order valence-corrected chi connectivity index (χ3v) is 6.70. The fourth-order valence-corrected chi connectivity index (χ4v) is 3.88. The molecule has 1 aromatic carbocycles. The maximum atomic E-state index is 12.8. The van der Waals surface area contributed by atoms with Crippen molar-refractivity contribution in [1.82, 2.24) is 9.80 Å². The zero-order chi connectivity index (χ0) is 18.2. The van der Waals surface area contributed by atoms with Gasteiger partial charge in [0.05, 0.1) is 0 Å². The van der Waals surface area contributed by atoms with Crippen molar-refractivity contribution in [2.45, 2.75) is 52.6 Å². The number of benzene rings is 1. The summed E-state index contributed by atoms with van der Waals surface area (Å²) in [4.78, 5) is 17.2. The molecule has 1 aromatic rings. The van der Waals surface area contributed by atoms with Crippen molar-refractivity contribution in [3.05, 3.63) is 35.4 Å². The zero-order valence-electron chi connectivity index (χ0n) is 16.1. The predicted octanol–water partition coefficient (Wildman–Crippen LogP) is 3.15. The monoisotopic (exact) mass is 344 g/mol. The van der Waals surface area contributed by atoms with Crippen LogP contribution in [0.15, 0.2) is 24.3 Å². The number of hydrogen-bond donors (Lipinski definition) is 1. The molecule has 3 rings (SSSR count). The third-order valence-electron chi connectivity index (χ3n) is 6.70. The van der Waals surface area contributed by atoms with E-state index in [1.165, 1.54) is 5.56 Å². The van der Waals surface area contributed by atoms with Gasteiger partial charge in [0.1, 0.15) is 0 Å². The summed E-state index contributed by atoms with van der Waals surface area (Å²) < 4.78 is 0. The number of carbonyl (C=O) groups is 1. The van der Waals surface area contributed by atoms with Crippen molar-refractivity contribution in [2.24, 2.45) is 11.3 Å². The van der Waals surface area contributed by atoms with E-state index in [1.54, 1.807) is 0 Å². The number of piperidine rings is 1. The van der Waals surface area contributed by atoms with Gasteiger partial charge < -0.3 is 10.0 Å². The highest BCUT2D eigenvalue weighted by atomic mass is 16.3. The van der Waals surface area contributed by atoms with Crippen molar-refractivity contribution in [1.29, 1.82) is 0 Å². The van der Waals surface area contributed by atoms with Crippen LogP contribution in [-0.2, 0) is 6.54 Å². The molecule has 1 amide bonds. The first-order chi connectivity index (χ1) is 11.7. The lowest BCUT2D eigenvalue weighted by molar-refractivity contribution is -0.0881. The molecule has 0 unspecified atom stereocenters. The van der Waals surface area contributed by atoms with Gasteiger partial charge in [0.15, 0.2) is 0 Å². The quantitative estimate of drug-likeness (QED) is 0.912. The van der Waals surface area contributed by atoms with Crippen molar-refractivity contribution < 1.29 is 9.90 Å². The maximum Gasteiger partial charge on any atom is 0.254 e. The van der Waals surface area contributed by atoms with Gasteiger partial charge in [-0.25, -0.2) is 0 Å². The van der Waals surface area contributed by atoms with E-state index < -0.39 is 0 Å². The molecule has 0 spiro atoms. The van der Waals surface area contributed by atoms with Crippen molar-refractivity contribution in [3.63, 3.8) is 0 Å². The summed E-state index contributed by atoms with van der Waals surface area (Å²) >= 11 is 0. The molecule has 138 valence electrons. The topological polar surface area (TPSA) is 43.8 Å². The van der Waals surface area contributed by atoms with E-state index in [0.29, 0.717) is 12.5 Å². The van der Waals surface area contributed by atoms with E-state index >= 15 is 0 Å². The van der Waals surface area contributed by atoms with Crippen LogP contribution < -0.4 is 0 Å². The molecule has 2 aliphatic heterocycles. The molecule has 0 radical (unpaired) electrons. The summed E-state index contributed by atoms with van der Waals surface area (Å²) in [5.41, 5.74) is 2.11. The molecule has 0 aromatic heterocycles. The normalized spacial score (nSPS) is 23.3. The Bertz CT molecular complexity index is 613. The van der Waals surface area contributed by atoms with E-state index in [-0.39, 0.29) is 16.9 Å². The lowest BCUT2D eigenvalue weighted by atomic mass is 9.65. The molecule has 0 saturated carbocycles. The molecule has 25 heavy (non-hydrogen) atoms. The number of likely N-dealkylation sites (tertiary alicyclic amines) is 2. The number of rotatable bonds is 4. The molecular weight excluding hydrogens is 312 g/mol. The summed E-state index contributed by atoms with van der Waals surface area (Å²) in [6.45, 7) is 12.9. The lowest BCUT2D eigenvalue weighted by Gasteiger charge is -2.61. The van der Waals surface area contributed by atoms with Crippen LogP contribution in [0.1, 0.15) is 56.5 Å². The minimum Gasteiger partial charge on any atom is -0.396 e. The Morgan fingerprint density at radius 1 is 1.12 bits per heavy atom. The first-order valence-corrected chi connectivity index (χ1v) is 9.49. The van der Waals surface area contributed by atoms with Crippen molar-refractivity contribution >= 4 is 5.91 Å². The summed E-state index contributed by atoms with van der Waals surface area (Å²) in [6.07, 6.45) is 2.15. The minimum atomic E-state index is -0.0974. The van der Waals surface area contributed by atoms with Gasteiger partial charge in [-0.3, -0.25) is 9.69 Å². The maximum absolute atomic E-state index is 12.8. The standard InChI is InChI=1S/C21H32N2O2/c1-20(2)15-23(21(20,3)4)19(25)18-7-5-16(6-8-18)13-22-11-9-17(14-24)10-12-22/h5-8,17,24H,9-15H2,1-4H3. The van der Waals surface area contributed by atoms with Crippen LogP contribution in [0.4, 0.5) is 0 Å². The Kier molecular flexibility index (Phi) is 4.95. The van der Waals surface area contributed by atoms with E-state index in [4.69, 9.17) is 0 Å². The third kappa shape index (κ3) is 3.47. The molecule has 0 bridgehead atoms. The van der Waals surface area contributed by atoms with E-state index in [2.05, 4.69) is 44.7 Å². The average molecular weight is 344 g/mol. The first kappa shape index (κ1) is 18.4. The summed E-state index contributed by atoms with van der Waals surface area (Å²) in [5.74, 6) is 0.611. The number of nitrogens with zero attached hydrogens (tertiary/aromatic N) is 2. The number of aliphatic hydroxyl groups is 1. The van der Waals surface area contributed by atoms with Gasteiger partial charge in [-0.05, 0) is 63.4 Å². The number of aliphatic hydroxyl groups excluding tert-OH is 1. The number of carbonyl (C=O) groups excluding carboxylic acids is 1. The summed E-state index contributed by atoms with van der Waals surface area (Å²) in [7, 11) is 0. The molecule has 4 heteroatoms. The van der Waals surface area contributed by atoms with Gasteiger partial charge in [-0.15, -0.1) is 0 Å². The van der Waals surface area contributed by atoms with E-state index in [9.17, 15) is 9.90 Å². The van der Waals surface area contributed by atoms with Crippen LogP contribution in [0.5, 0.6) is 0 Å². The highest BCUT2D eigenvalue weighted by Crippen LogP contribution is 2.46. The van der Waals surface area contributed by atoms with Gasteiger partial charge in [-0.1, -0.05) is 26.0 Å². The molecule has 2 saturated heterocycles.